The second-order valence-electron chi connectivity index (χ2n) is 8.95. The monoisotopic (exact) mass is 557 g/mol. The number of ether oxygens (including phenoxy) is 1. The van der Waals surface area contributed by atoms with Crippen LogP contribution in [0.25, 0.3) is 0 Å². The molecule has 0 aliphatic carbocycles. The number of carbonyl (C=O) groups excluding carboxylic acids is 1. The van der Waals surface area contributed by atoms with E-state index < -0.39 is 0 Å². The van der Waals surface area contributed by atoms with Gasteiger partial charge in [-0.15, -0.1) is 24.0 Å². The molecule has 7 nitrogen and oxygen atoms in total. The van der Waals surface area contributed by atoms with Crippen molar-refractivity contribution < 1.29 is 9.53 Å². The van der Waals surface area contributed by atoms with Gasteiger partial charge in [0.15, 0.2) is 5.96 Å². The topological polar surface area (TPSA) is 69.2 Å². The SMILES string of the molecule is CCNC(=NCC1(N(C)C)CCOCC1)NCC1CC(=O)N(CCc2ccccc2)C1.I. The Kier molecular flexibility index (Phi) is 11.2. The number of aliphatic imine (C=N–C) groups is 1. The minimum atomic E-state index is 0. The van der Waals surface area contributed by atoms with Gasteiger partial charge in [-0.2, -0.15) is 0 Å². The predicted octanol–water partition coefficient (Wildman–Crippen LogP) is 2.36. The molecule has 0 radical (unpaired) electrons. The minimum absolute atomic E-state index is 0. The summed E-state index contributed by atoms with van der Waals surface area (Å²) in [6.07, 6.45) is 3.51. The van der Waals surface area contributed by atoms with Gasteiger partial charge in [-0.1, -0.05) is 30.3 Å². The number of likely N-dealkylation sites (tertiary alicyclic amines) is 1. The molecule has 0 saturated carbocycles. The molecule has 3 rings (SSSR count). The lowest BCUT2D eigenvalue weighted by molar-refractivity contribution is -0.127. The third kappa shape index (κ3) is 7.59. The highest BCUT2D eigenvalue weighted by molar-refractivity contribution is 14.0. The Balaban J connectivity index is 0.00000363. The fraction of sp³-hybridized carbons (Fsp3) is 0.667. The van der Waals surface area contributed by atoms with Crippen LogP contribution in [-0.4, -0.2) is 87.2 Å². The number of carbonyl (C=O) groups is 1. The summed E-state index contributed by atoms with van der Waals surface area (Å²) in [6.45, 7) is 7.59. The summed E-state index contributed by atoms with van der Waals surface area (Å²) < 4.78 is 5.57. The number of nitrogens with one attached hydrogen (secondary N) is 2. The molecule has 2 aliphatic rings. The number of rotatable bonds is 9. The molecule has 180 valence electrons. The molecule has 0 aromatic heterocycles. The van der Waals surface area contributed by atoms with Crippen molar-refractivity contribution in [2.24, 2.45) is 10.9 Å². The third-order valence-corrected chi connectivity index (χ3v) is 6.61. The van der Waals surface area contributed by atoms with E-state index in [1.54, 1.807) is 0 Å². The standard InChI is InChI=1S/C24H39N5O2.HI/c1-4-25-23(27-19-24(28(2)3)11-14-31-15-12-24)26-17-21-16-22(30)29(18-21)13-10-20-8-6-5-7-9-20;/h5-9,21H,4,10-19H2,1-3H3,(H2,25,26,27);1H. The van der Waals surface area contributed by atoms with E-state index >= 15 is 0 Å². The number of nitrogens with zero attached hydrogens (tertiary/aromatic N) is 3. The zero-order valence-electron chi connectivity index (χ0n) is 19.8. The summed E-state index contributed by atoms with van der Waals surface area (Å²) in [5.41, 5.74) is 1.33. The fourth-order valence-corrected chi connectivity index (χ4v) is 4.42. The van der Waals surface area contributed by atoms with Crippen LogP contribution in [0.15, 0.2) is 35.3 Å². The van der Waals surface area contributed by atoms with Gasteiger partial charge in [-0.25, -0.2) is 0 Å². The van der Waals surface area contributed by atoms with E-state index in [0.29, 0.717) is 12.3 Å². The maximum absolute atomic E-state index is 12.5. The van der Waals surface area contributed by atoms with Crippen LogP contribution in [0.3, 0.4) is 0 Å². The number of hydrogen-bond donors (Lipinski definition) is 2. The molecule has 2 N–H and O–H groups in total. The Bertz CT molecular complexity index is 722. The molecule has 1 unspecified atom stereocenters. The fourth-order valence-electron chi connectivity index (χ4n) is 4.42. The van der Waals surface area contributed by atoms with Crippen LogP contribution in [0.1, 0.15) is 31.7 Å². The van der Waals surface area contributed by atoms with Gasteiger partial charge in [0.1, 0.15) is 0 Å². The van der Waals surface area contributed by atoms with Crippen molar-refractivity contribution in [3.8, 4) is 0 Å². The lowest BCUT2D eigenvalue weighted by atomic mass is 9.89. The molecule has 2 heterocycles. The minimum Gasteiger partial charge on any atom is -0.381 e. The summed E-state index contributed by atoms with van der Waals surface area (Å²) in [6, 6.07) is 10.4. The Labute approximate surface area is 210 Å². The smallest absolute Gasteiger partial charge is 0.223 e. The van der Waals surface area contributed by atoms with Crippen molar-refractivity contribution in [2.75, 3.05) is 60.0 Å². The lowest BCUT2D eigenvalue weighted by Gasteiger charge is -2.41. The lowest BCUT2D eigenvalue weighted by Crippen LogP contribution is -2.52. The summed E-state index contributed by atoms with van der Waals surface area (Å²) in [4.78, 5) is 21.7. The number of benzene rings is 1. The molecule has 1 amide bonds. The molecule has 0 spiro atoms. The van der Waals surface area contributed by atoms with E-state index in [4.69, 9.17) is 9.73 Å². The van der Waals surface area contributed by atoms with E-state index in [2.05, 4.69) is 60.8 Å². The summed E-state index contributed by atoms with van der Waals surface area (Å²) in [7, 11) is 4.27. The first-order valence-corrected chi connectivity index (χ1v) is 11.6. The number of likely N-dealkylation sites (N-methyl/N-ethyl adjacent to an activating group) is 1. The highest BCUT2D eigenvalue weighted by Gasteiger charge is 2.35. The van der Waals surface area contributed by atoms with E-state index in [0.717, 1.165) is 71.2 Å². The quantitative estimate of drug-likeness (QED) is 0.277. The molecule has 32 heavy (non-hydrogen) atoms. The second kappa shape index (κ2) is 13.3. The Morgan fingerprint density at radius 2 is 1.94 bits per heavy atom. The van der Waals surface area contributed by atoms with Gasteiger partial charge < -0.3 is 25.2 Å². The van der Waals surface area contributed by atoms with Crippen molar-refractivity contribution in [3.63, 3.8) is 0 Å². The number of amides is 1. The number of guanidine groups is 1. The Hall–Kier alpha value is -1.39. The molecule has 2 saturated heterocycles. The summed E-state index contributed by atoms with van der Waals surface area (Å²) in [5.74, 6) is 1.42. The van der Waals surface area contributed by atoms with Crippen LogP contribution in [0.2, 0.25) is 0 Å². The summed E-state index contributed by atoms with van der Waals surface area (Å²) >= 11 is 0. The Morgan fingerprint density at radius 1 is 1.22 bits per heavy atom. The number of halogens is 1. The van der Waals surface area contributed by atoms with E-state index in [1.165, 1.54) is 5.56 Å². The first-order valence-electron chi connectivity index (χ1n) is 11.6. The average Bonchev–Trinajstić information content (AvgIpc) is 3.15. The normalized spacial score (nSPS) is 20.9. The molecule has 2 fully saturated rings. The highest BCUT2D eigenvalue weighted by Crippen LogP contribution is 2.26. The molecular weight excluding hydrogens is 517 g/mol. The van der Waals surface area contributed by atoms with Crippen LogP contribution < -0.4 is 10.6 Å². The first-order chi connectivity index (χ1) is 15.0. The van der Waals surface area contributed by atoms with E-state index in [1.807, 2.05) is 11.0 Å². The molecular formula is C24H40IN5O2. The van der Waals surface area contributed by atoms with Gasteiger partial charge in [0.05, 0.1) is 6.54 Å². The van der Waals surface area contributed by atoms with Crippen LogP contribution in [0, 0.1) is 5.92 Å². The zero-order valence-corrected chi connectivity index (χ0v) is 22.1. The van der Waals surface area contributed by atoms with Crippen molar-refractivity contribution in [2.45, 2.75) is 38.1 Å². The predicted molar refractivity (Wildman–Crippen MR) is 141 cm³/mol. The zero-order chi connectivity index (χ0) is 22.1. The van der Waals surface area contributed by atoms with Crippen molar-refractivity contribution in [1.29, 1.82) is 0 Å². The van der Waals surface area contributed by atoms with Gasteiger partial charge >= 0.3 is 0 Å². The molecule has 1 atom stereocenters. The van der Waals surface area contributed by atoms with Gasteiger partial charge in [-0.05, 0) is 45.8 Å². The van der Waals surface area contributed by atoms with Crippen molar-refractivity contribution >= 4 is 35.8 Å². The average molecular weight is 558 g/mol. The van der Waals surface area contributed by atoms with Gasteiger partial charge in [0.25, 0.3) is 0 Å². The maximum atomic E-state index is 12.5. The Morgan fingerprint density at radius 3 is 2.59 bits per heavy atom. The van der Waals surface area contributed by atoms with E-state index in [-0.39, 0.29) is 35.4 Å². The molecule has 8 heteroatoms. The van der Waals surface area contributed by atoms with Gasteiger partial charge in [0.2, 0.25) is 5.91 Å². The van der Waals surface area contributed by atoms with Crippen LogP contribution in [0.5, 0.6) is 0 Å². The molecule has 0 bridgehead atoms. The van der Waals surface area contributed by atoms with Crippen molar-refractivity contribution in [3.05, 3.63) is 35.9 Å². The van der Waals surface area contributed by atoms with Gasteiger partial charge in [-0.3, -0.25) is 9.79 Å². The van der Waals surface area contributed by atoms with Crippen LogP contribution in [0.4, 0.5) is 0 Å². The van der Waals surface area contributed by atoms with Crippen LogP contribution in [-0.2, 0) is 16.0 Å². The first kappa shape index (κ1) is 26.9. The molecule has 2 aliphatic heterocycles. The highest BCUT2D eigenvalue weighted by atomic mass is 127. The maximum Gasteiger partial charge on any atom is 0.223 e. The van der Waals surface area contributed by atoms with Crippen LogP contribution >= 0.6 is 24.0 Å². The number of hydrogen-bond acceptors (Lipinski definition) is 4. The largest absolute Gasteiger partial charge is 0.381 e. The van der Waals surface area contributed by atoms with Gasteiger partial charge in [0, 0.05) is 57.3 Å². The molecule has 1 aromatic rings. The van der Waals surface area contributed by atoms with E-state index in [9.17, 15) is 4.79 Å². The second-order valence-corrected chi connectivity index (χ2v) is 8.95. The van der Waals surface area contributed by atoms with Crippen molar-refractivity contribution in [1.82, 2.24) is 20.4 Å². The molecule has 1 aromatic carbocycles. The summed E-state index contributed by atoms with van der Waals surface area (Å²) in [5, 5.41) is 6.85. The third-order valence-electron chi connectivity index (χ3n) is 6.61.